The van der Waals surface area contributed by atoms with Crippen molar-refractivity contribution in [1.29, 1.82) is 0 Å². The molecule has 0 heterocycles. The Kier molecular flexibility index (Phi) is 11.6. The standard InChI is InChI=1S/C12H27NS/c1-4-5-6-7-8-9-11-14-12-10-13(2)3/h4-12H2,1-3H3. The Balaban J connectivity index is 2.85. The van der Waals surface area contributed by atoms with Gasteiger partial charge in [0.15, 0.2) is 0 Å². The topological polar surface area (TPSA) is 3.24 Å². The second-order valence-electron chi connectivity index (χ2n) is 4.18. The summed E-state index contributed by atoms with van der Waals surface area (Å²) >= 11 is 2.10. The average molecular weight is 217 g/mol. The molecule has 0 aliphatic carbocycles. The summed E-state index contributed by atoms with van der Waals surface area (Å²) in [6, 6.07) is 0. The van der Waals surface area contributed by atoms with Gasteiger partial charge < -0.3 is 4.90 Å². The van der Waals surface area contributed by atoms with Crippen LogP contribution in [0.15, 0.2) is 0 Å². The lowest BCUT2D eigenvalue weighted by Crippen LogP contribution is -2.14. The molecule has 0 saturated heterocycles. The normalized spacial score (nSPS) is 11.1. The summed E-state index contributed by atoms with van der Waals surface area (Å²) in [5.74, 6) is 2.65. The largest absolute Gasteiger partial charge is 0.309 e. The SMILES string of the molecule is CCCCCCCCSCCN(C)C. The van der Waals surface area contributed by atoms with Crippen molar-refractivity contribution in [2.75, 3.05) is 32.1 Å². The fourth-order valence-electron chi connectivity index (χ4n) is 1.33. The summed E-state index contributed by atoms with van der Waals surface area (Å²) in [4.78, 5) is 2.26. The average Bonchev–Trinajstić information content (AvgIpc) is 2.15. The molecule has 1 nitrogen and oxygen atoms in total. The predicted molar refractivity (Wildman–Crippen MR) is 69.3 cm³/mol. The molecule has 0 spiro atoms. The first-order valence-corrected chi connectivity index (χ1v) is 7.15. The monoisotopic (exact) mass is 217 g/mol. The van der Waals surface area contributed by atoms with Crippen LogP contribution in [0, 0.1) is 0 Å². The highest BCUT2D eigenvalue weighted by molar-refractivity contribution is 7.99. The molecule has 0 saturated carbocycles. The first-order chi connectivity index (χ1) is 6.77. The molecule has 0 radical (unpaired) electrons. The lowest BCUT2D eigenvalue weighted by molar-refractivity contribution is 0.437. The first kappa shape index (κ1) is 14.3. The van der Waals surface area contributed by atoms with Crippen molar-refractivity contribution in [3.63, 3.8) is 0 Å². The lowest BCUT2D eigenvalue weighted by Gasteiger charge is -2.08. The summed E-state index contributed by atoms with van der Waals surface area (Å²) in [6.07, 6.45) is 8.53. The molecule has 0 bridgehead atoms. The van der Waals surface area contributed by atoms with Gasteiger partial charge in [0.25, 0.3) is 0 Å². The number of rotatable bonds is 10. The van der Waals surface area contributed by atoms with Gasteiger partial charge >= 0.3 is 0 Å². The molecule has 0 aromatic carbocycles. The van der Waals surface area contributed by atoms with Crippen LogP contribution in [0.3, 0.4) is 0 Å². The van der Waals surface area contributed by atoms with Crippen molar-refractivity contribution in [3.8, 4) is 0 Å². The Morgan fingerprint density at radius 1 is 0.857 bits per heavy atom. The molecule has 0 aromatic rings. The van der Waals surface area contributed by atoms with Gasteiger partial charge in [0.1, 0.15) is 0 Å². The maximum absolute atomic E-state index is 2.27. The Hall–Kier alpha value is 0.310. The molecular formula is C12H27NS. The van der Waals surface area contributed by atoms with Gasteiger partial charge in [-0.1, -0.05) is 39.0 Å². The third-order valence-corrected chi connectivity index (χ3v) is 3.37. The van der Waals surface area contributed by atoms with E-state index in [9.17, 15) is 0 Å². The van der Waals surface area contributed by atoms with E-state index in [0.29, 0.717) is 0 Å². The van der Waals surface area contributed by atoms with Gasteiger partial charge in [-0.3, -0.25) is 0 Å². The number of unbranched alkanes of at least 4 members (excludes halogenated alkanes) is 5. The lowest BCUT2D eigenvalue weighted by atomic mass is 10.1. The fraction of sp³-hybridized carbons (Fsp3) is 1.00. The van der Waals surface area contributed by atoms with E-state index in [1.165, 1.54) is 56.6 Å². The van der Waals surface area contributed by atoms with Crippen molar-refractivity contribution in [2.45, 2.75) is 45.4 Å². The molecule has 86 valence electrons. The highest BCUT2D eigenvalue weighted by Gasteiger charge is 1.92. The van der Waals surface area contributed by atoms with Crippen molar-refractivity contribution in [1.82, 2.24) is 4.90 Å². The van der Waals surface area contributed by atoms with Crippen LogP contribution < -0.4 is 0 Å². The molecule has 0 atom stereocenters. The highest BCUT2D eigenvalue weighted by Crippen LogP contribution is 2.09. The fourth-order valence-corrected chi connectivity index (χ4v) is 2.44. The van der Waals surface area contributed by atoms with Crippen LogP contribution in [0.4, 0.5) is 0 Å². The van der Waals surface area contributed by atoms with Gasteiger partial charge in [-0.05, 0) is 26.3 Å². The van der Waals surface area contributed by atoms with Crippen LogP contribution in [0.1, 0.15) is 45.4 Å². The van der Waals surface area contributed by atoms with Gasteiger partial charge in [0, 0.05) is 12.3 Å². The first-order valence-electron chi connectivity index (χ1n) is 6.00. The molecular weight excluding hydrogens is 190 g/mol. The summed E-state index contributed by atoms with van der Waals surface area (Å²) in [6.45, 7) is 3.50. The second kappa shape index (κ2) is 11.4. The van der Waals surface area contributed by atoms with Crippen molar-refractivity contribution < 1.29 is 0 Å². The minimum absolute atomic E-state index is 1.22. The van der Waals surface area contributed by atoms with Gasteiger partial charge in [-0.25, -0.2) is 0 Å². The molecule has 0 aromatic heterocycles. The van der Waals surface area contributed by atoms with Gasteiger partial charge in [0.05, 0.1) is 0 Å². The van der Waals surface area contributed by atoms with Crippen LogP contribution in [0.5, 0.6) is 0 Å². The zero-order chi connectivity index (χ0) is 10.6. The van der Waals surface area contributed by atoms with E-state index in [2.05, 4.69) is 37.7 Å². The van der Waals surface area contributed by atoms with Crippen LogP contribution in [-0.4, -0.2) is 37.0 Å². The summed E-state index contributed by atoms with van der Waals surface area (Å²) in [5, 5.41) is 0. The Morgan fingerprint density at radius 3 is 2.14 bits per heavy atom. The number of nitrogens with zero attached hydrogens (tertiary/aromatic N) is 1. The smallest absolute Gasteiger partial charge is 0.00662 e. The Bertz CT molecular complexity index is 104. The zero-order valence-electron chi connectivity index (χ0n) is 10.2. The van der Waals surface area contributed by atoms with Crippen molar-refractivity contribution in [3.05, 3.63) is 0 Å². The second-order valence-corrected chi connectivity index (χ2v) is 5.41. The van der Waals surface area contributed by atoms with Crippen molar-refractivity contribution >= 4 is 11.8 Å². The zero-order valence-corrected chi connectivity index (χ0v) is 11.0. The van der Waals surface area contributed by atoms with Gasteiger partial charge in [-0.15, -0.1) is 0 Å². The minimum Gasteiger partial charge on any atom is -0.309 e. The third kappa shape index (κ3) is 12.3. The van der Waals surface area contributed by atoms with Crippen LogP contribution >= 0.6 is 11.8 Å². The predicted octanol–water partition coefficient (Wildman–Crippen LogP) is 3.64. The van der Waals surface area contributed by atoms with E-state index < -0.39 is 0 Å². The van der Waals surface area contributed by atoms with Gasteiger partial charge in [0.2, 0.25) is 0 Å². The third-order valence-electron chi connectivity index (χ3n) is 2.33. The van der Waals surface area contributed by atoms with E-state index in [1.54, 1.807) is 0 Å². The molecule has 0 unspecified atom stereocenters. The molecule has 0 rings (SSSR count). The van der Waals surface area contributed by atoms with E-state index >= 15 is 0 Å². The minimum atomic E-state index is 1.22. The van der Waals surface area contributed by atoms with Crippen LogP contribution in [0.25, 0.3) is 0 Å². The maximum atomic E-state index is 2.27. The van der Waals surface area contributed by atoms with Gasteiger partial charge in [-0.2, -0.15) is 11.8 Å². The van der Waals surface area contributed by atoms with Crippen LogP contribution in [0.2, 0.25) is 0 Å². The molecule has 0 N–H and O–H groups in total. The van der Waals surface area contributed by atoms with E-state index in [-0.39, 0.29) is 0 Å². The quantitative estimate of drug-likeness (QED) is 0.514. The molecule has 2 heteroatoms. The highest BCUT2D eigenvalue weighted by atomic mass is 32.2. The van der Waals surface area contributed by atoms with Crippen molar-refractivity contribution in [2.24, 2.45) is 0 Å². The number of thioether (sulfide) groups is 1. The van der Waals surface area contributed by atoms with E-state index in [1.807, 2.05) is 0 Å². The summed E-state index contributed by atoms with van der Waals surface area (Å²) < 4.78 is 0. The number of hydrogen-bond acceptors (Lipinski definition) is 2. The Labute approximate surface area is 94.6 Å². The molecule has 14 heavy (non-hydrogen) atoms. The molecule has 0 aliphatic rings. The van der Waals surface area contributed by atoms with Crippen LogP contribution in [-0.2, 0) is 0 Å². The van der Waals surface area contributed by atoms with E-state index in [4.69, 9.17) is 0 Å². The summed E-state index contributed by atoms with van der Waals surface area (Å²) in [7, 11) is 4.29. The van der Waals surface area contributed by atoms with E-state index in [0.717, 1.165) is 0 Å². The number of hydrogen-bond donors (Lipinski definition) is 0. The molecule has 0 aliphatic heterocycles. The summed E-state index contributed by atoms with van der Waals surface area (Å²) in [5.41, 5.74) is 0. The maximum Gasteiger partial charge on any atom is 0.00662 e. The Morgan fingerprint density at radius 2 is 1.50 bits per heavy atom. The molecule has 0 amide bonds. The molecule has 0 fully saturated rings.